The Balaban J connectivity index is 1.33. The smallest absolute Gasteiger partial charge is 0.339 e. The van der Waals surface area contributed by atoms with Crippen LogP contribution in [0.4, 0.5) is 0 Å². The summed E-state index contributed by atoms with van der Waals surface area (Å²) in [5.41, 5.74) is 1.41. The van der Waals surface area contributed by atoms with E-state index in [1.165, 1.54) is 12.8 Å². The number of fused-ring (bicyclic) bond motifs is 1. The van der Waals surface area contributed by atoms with Crippen molar-refractivity contribution in [1.82, 2.24) is 9.80 Å². The van der Waals surface area contributed by atoms with Crippen LogP contribution in [0.1, 0.15) is 54.4 Å². The van der Waals surface area contributed by atoms with Gasteiger partial charge in [0.1, 0.15) is 0 Å². The van der Waals surface area contributed by atoms with Crippen molar-refractivity contribution >= 4 is 17.8 Å². The van der Waals surface area contributed by atoms with Crippen molar-refractivity contribution in [1.29, 1.82) is 0 Å². The minimum Gasteiger partial charge on any atom is -0.448 e. The average molecular weight is 384 g/mol. The number of rotatable bonds is 2. The molecule has 0 aliphatic carbocycles. The Labute approximate surface area is 165 Å². The lowest BCUT2D eigenvalue weighted by Crippen LogP contribution is -2.49. The Morgan fingerprint density at radius 2 is 1.50 bits per heavy atom. The minimum atomic E-state index is -0.750. The molecule has 28 heavy (non-hydrogen) atoms. The Bertz CT molecular complexity index is 747. The van der Waals surface area contributed by atoms with Crippen LogP contribution in [0.3, 0.4) is 0 Å². The Hall–Kier alpha value is -2.37. The first-order valence-corrected chi connectivity index (χ1v) is 10.5. The predicted octanol–water partition coefficient (Wildman–Crippen LogP) is 2.41. The fraction of sp³-hybridized carbons (Fsp3) is 0.591. The number of benzene rings is 1. The molecule has 1 aromatic carbocycles. The summed E-state index contributed by atoms with van der Waals surface area (Å²) >= 11 is 0. The third-order valence-electron chi connectivity index (χ3n) is 6.24. The van der Waals surface area contributed by atoms with Gasteiger partial charge in [0.05, 0.1) is 5.56 Å². The van der Waals surface area contributed by atoms with Gasteiger partial charge in [-0.25, -0.2) is 4.79 Å². The van der Waals surface area contributed by atoms with Crippen LogP contribution in [0, 0.1) is 5.92 Å². The fourth-order valence-electron chi connectivity index (χ4n) is 4.57. The molecule has 6 nitrogen and oxygen atoms in total. The molecule has 3 aliphatic rings. The van der Waals surface area contributed by atoms with Gasteiger partial charge in [0.15, 0.2) is 6.10 Å². The van der Waals surface area contributed by atoms with Crippen LogP contribution in [0.15, 0.2) is 24.3 Å². The Kier molecular flexibility index (Phi) is 5.64. The van der Waals surface area contributed by atoms with Crippen molar-refractivity contribution in [3.8, 4) is 0 Å². The van der Waals surface area contributed by atoms with E-state index in [1.807, 2.05) is 17.0 Å². The lowest BCUT2D eigenvalue weighted by Gasteiger charge is -2.36. The average Bonchev–Trinajstić information content (AvgIpc) is 3.02. The molecule has 3 heterocycles. The third-order valence-corrected chi connectivity index (χ3v) is 6.24. The van der Waals surface area contributed by atoms with E-state index in [9.17, 15) is 14.4 Å². The lowest BCUT2D eigenvalue weighted by atomic mass is 9.93. The van der Waals surface area contributed by atoms with E-state index in [-0.39, 0.29) is 17.7 Å². The summed E-state index contributed by atoms with van der Waals surface area (Å²) in [6.45, 7) is 2.85. The summed E-state index contributed by atoms with van der Waals surface area (Å²) in [5, 5.41) is 0. The van der Waals surface area contributed by atoms with E-state index in [4.69, 9.17) is 4.74 Å². The molecule has 4 rings (SSSR count). The monoisotopic (exact) mass is 384 g/mol. The van der Waals surface area contributed by atoms with E-state index in [2.05, 4.69) is 0 Å². The lowest BCUT2D eigenvalue weighted by molar-refractivity contribution is -0.145. The molecule has 0 saturated carbocycles. The van der Waals surface area contributed by atoms with Crippen LogP contribution in [0.5, 0.6) is 0 Å². The molecule has 0 aromatic heterocycles. The molecule has 150 valence electrons. The number of hydrogen-bond donors (Lipinski definition) is 0. The summed E-state index contributed by atoms with van der Waals surface area (Å²) in [6, 6.07) is 7.29. The second kappa shape index (κ2) is 8.33. The molecule has 0 spiro atoms. The van der Waals surface area contributed by atoms with Gasteiger partial charge in [-0.05, 0) is 37.3 Å². The largest absolute Gasteiger partial charge is 0.448 e. The van der Waals surface area contributed by atoms with Crippen LogP contribution in [0.25, 0.3) is 0 Å². The first kappa shape index (κ1) is 19.0. The number of piperidine rings is 1. The SMILES string of the molecule is O=C1OC(C(=O)N2CCC(C(=O)N3CCCCCC3)CC2)Cc2ccccc21. The number of ether oxygens (including phenoxy) is 1. The van der Waals surface area contributed by atoms with E-state index in [1.54, 1.807) is 17.0 Å². The third kappa shape index (κ3) is 3.91. The second-order valence-electron chi connectivity index (χ2n) is 8.09. The fourth-order valence-corrected chi connectivity index (χ4v) is 4.57. The maximum atomic E-state index is 12.9. The number of carbonyl (C=O) groups excluding carboxylic acids is 3. The normalized spacial score (nSPS) is 23.6. The standard InChI is InChI=1S/C22H28N2O4/c25-20(23-11-5-1-2-6-12-23)16-9-13-24(14-10-16)21(26)19-15-17-7-3-4-8-18(17)22(27)28-19/h3-4,7-8,16,19H,1-2,5-6,9-15H2. The van der Waals surface area contributed by atoms with Gasteiger partial charge in [0, 0.05) is 38.5 Å². The number of likely N-dealkylation sites (tertiary alicyclic amines) is 2. The molecule has 1 unspecified atom stereocenters. The topological polar surface area (TPSA) is 66.9 Å². The zero-order valence-electron chi connectivity index (χ0n) is 16.3. The molecule has 2 saturated heterocycles. The maximum absolute atomic E-state index is 12.9. The molecule has 2 fully saturated rings. The summed E-state index contributed by atoms with van der Waals surface area (Å²) < 4.78 is 5.41. The molecular formula is C22H28N2O4. The molecular weight excluding hydrogens is 356 g/mol. The van der Waals surface area contributed by atoms with Crippen LogP contribution in [-0.2, 0) is 20.7 Å². The van der Waals surface area contributed by atoms with Crippen LogP contribution in [0.2, 0.25) is 0 Å². The number of cyclic esters (lactones) is 1. The summed E-state index contributed by atoms with van der Waals surface area (Å²) in [5.74, 6) is -0.293. The Morgan fingerprint density at radius 3 is 2.21 bits per heavy atom. The number of esters is 1. The van der Waals surface area contributed by atoms with Crippen LogP contribution in [-0.4, -0.2) is 59.9 Å². The molecule has 1 aromatic rings. The number of carbonyl (C=O) groups is 3. The molecule has 0 radical (unpaired) electrons. The molecule has 3 aliphatic heterocycles. The minimum absolute atomic E-state index is 0.0109. The van der Waals surface area contributed by atoms with Gasteiger partial charge in [-0.1, -0.05) is 31.0 Å². The highest BCUT2D eigenvalue weighted by Gasteiger charge is 2.36. The molecule has 1 atom stereocenters. The molecule has 2 amide bonds. The number of nitrogens with zero attached hydrogens (tertiary/aromatic N) is 2. The quantitative estimate of drug-likeness (QED) is 0.735. The van der Waals surface area contributed by atoms with Crippen LogP contribution >= 0.6 is 0 Å². The van der Waals surface area contributed by atoms with Gasteiger partial charge in [-0.15, -0.1) is 0 Å². The first-order chi connectivity index (χ1) is 13.6. The van der Waals surface area contributed by atoms with E-state index >= 15 is 0 Å². The predicted molar refractivity (Wildman–Crippen MR) is 104 cm³/mol. The maximum Gasteiger partial charge on any atom is 0.339 e. The number of hydrogen-bond acceptors (Lipinski definition) is 4. The Morgan fingerprint density at radius 1 is 0.857 bits per heavy atom. The van der Waals surface area contributed by atoms with Gasteiger partial charge in [-0.3, -0.25) is 9.59 Å². The van der Waals surface area contributed by atoms with E-state index in [0.29, 0.717) is 37.9 Å². The molecule has 6 heteroatoms. The first-order valence-electron chi connectivity index (χ1n) is 10.5. The van der Waals surface area contributed by atoms with Crippen molar-refractivity contribution in [2.75, 3.05) is 26.2 Å². The van der Waals surface area contributed by atoms with Crippen molar-refractivity contribution in [2.45, 2.75) is 51.0 Å². The molecule has 0 bridgehead atoms. The zero-order chi connectivity index (χ0) is 19.5. The van der Waals surface area contributed by atoms with Gasteiger partial charge < -0.3 is 14.5 Å². The van der Waals surface area contributed by atoms with Crippen molar-refractivity contribution in [2.24, 2.45) is 5.92 Å². The van der Waals surface area contributed by atoms with Crippen molar-refractivity contribution in [3.63, 3.8) is 0 Å². The van der Waals surface area contributed by atoms with Crippen molar-refractivity contribution < 1.29 is 19.1 Å². The summed E-state index contributed by atoms with van der Waals surface area (Å²) in [4.78, 5) is 41.7. The highest BCUT2D eigenvalue weighted by atomic mass is 16.5. The highest BCUT2D eigenvalue weighted by Crippen LogP contribution is 2.25. The zero-order valence-corrected chi connectivity index (χ0v) is 16.3. The van der Waals surface area contributed by atoms with Crippen LogP contribution < -0.4 is 0 Å². The van der Waals surface area contributed by atoms with Gasteiger partial charge >= 0.3 is 5.97 Å². The van der Waals surface area contributed by atoms with Gasteiger partial charge in [0.25, 0.3) is 5.91 Å². The van der Waals surface area contributed by atoms with E-state index in [0.717, 1.165) is 31.5 Å². The summed E-state index contributed by atoms with van der Waals surface area (Å²) in [7, 11) is 0. The molecule has 0 N–H and O–H groups in total. The van der Waals surface area contributed by atoms with Gasteiger partial charge in [-0.2, -0.15) is 0 Å². The van der Waals surface area contributed by atoms with Gasteiger partial charge in [0.2, 0.25) is 5.91 Å². The number of amides is 2. The second-order valence-corrected chi connectivity index (χ2v) is 8.09. The van der Waals surface area contributed by atoms with E-state index < -0.39 is 12.1 Å². The highest BCUT2D eigenvalue weighted by molar-refractivity contribution is 5.95. The summed E-state index contributed by atoms with van der Waals surface area (Å²) in [6.07, 6.45) is 5.67. The van der Waals surface area contributed by atoms with Crippen molar-refractivity contribution in [3.05, 3.63) is 35.4 Å².